The Morgan fingerprint density at radius 3 is 1.94 bits per heavy atom. The van der Waals surface area contributed by atoms with Gasteiger partial charge >= 0.3 is 24.0 Å². The summed E-state index contributed by atoms with van der Waals surface area (Å²) in [6, 6.07) is 8.01. The highest BCUT2D eigenvalue weighted by molar-refractivity contribution is 7.92. The van der Waals surface area contributed by atoms with Gasteiger partial charge in [0, 0.05) is 24.1 Å². The van der Waals surface area contributed by atoms with Crippen LogP contribution in [0.25, 0.3) is 0 Å². The first-order valence-corrected chi connectivity index (χ1v) is 17.2. The summed E-state index contributed by atoms with van der Waals surface area (Å²) >= 11 is 0. The maximum atomic E-state index is 14.8. The molecule has 2 fully saturated rings. The zero-order valence-electron chi connectivity index (χ0n) is 27.4. The molecule has 4 rings (SSSR count). The Morgan fingerprint density at radius 2 is 1.46 bits per heavy atom. The predicted octanol–water partition coefficient (Wildman–Crippen LogP) is 8.11. The standard InChI is InChI=1S/C34H40F7NO5S/c1-6-30(16-14-23(15-17-30)27(43)47-29(3,4)5)28(44)42-19-18-31(21-42,48(45,46)26-9-7-8-22(2)20-26)24-10-12-25(13-11-24)32(35,33(36,37)38)34(39,40)41/h7-13,20,23H,6,14-19,21H2,1-5H3. The third-order valence-corrected chi connectivity index (χ3v) is 12.2. The van der Waals surface area contributed by atoms with E-state index in [4.69, 9.17) is 4.74 Å². The molecule has 0 spiro atoms. The van der Waals surface area contributed by atoms with E-state index in [1.807, 2.05) is 6.92 Å². The molecular weight excluding hydrogens is 667 g/mol. The molecule has 1 aliphatic carbocycles. The largest absolute Gasteiger partial charge is 0.460 e. The van der Waals surface area contributed by atoms with Crippen LogP contribution in [0.3, 0.4) is 0 Å². The molecule has 2 aromatic rings. The summed E-state index contributed by atoms with van der Waals surface area (Å²) in [5.74, 6) is -1.12. The van der Waals surface area contributed by atoms with Crippen molar-refractivity contribution in [3.05, 3.63) is 65.2 Å². The number of benzene rings is 2. The van der Waals surface area contributed by atoms with Crippen molar-refractivity contribution in [2.45, 2.75) is 106 Å². The first kappa shape index (κ1) is 37.7. The molecule has 0 radical (unpaired) electrons. The van der Waals surface area contributed by atoms with Crippen molar-refractivity contribution in [1.29, 1.82) is 0 Å². The molecule has 2 aliphatic rings. The average Bonchev–Trinajstić information content (AvgIpc) is 3.46. The Bertz CT molecular complexity index is 1610. The number of hydrogen-bond acceptors (Lipinski definition) is 5. The number of rotatable bonds is 7. The fraction of sp³-hybridized carbons (Fsp3) is 0.588. The number of amides is 1. The second-order valence-corrected chi connectivity index (χ2v) is 16.2. The molecule has 6 nitrogen and oxygen atoms in total. The Kier molecular flexibility index (Phi) is 9.90. The van der Waals surface area contributed by atoms with Crippen LogP contribution in [-0.2, 0) is 34.6 Å². The number of aryl methyl sites for hydroxylation is 1. The van der Waals surface area contributed by atoms with E-state index in [0.29, 0.717) is 49.8 Å². The van der Waals surface area contributed by atoms with Crippen molar-refractivity contribution < 1.29 is 53.5 Å². The summed E-state index contributed by atoms with van der Waals surface area (Å²) < 4.78 is 128. The van der Waals surface area contributed by atoms with Gasteiger partial charge in [-0.05, 0) is 89.5 Å². The van der Waals surface area contributed by atoms with E-state index >= 15 is 0 Å². The maximum absolute atomic E-state index is 14.8. The quantitative estimate of drug-likeness (QED) is 0.215. The van der Waals surface area contributed by atoms with Crippen molar-refractivity contribution >= 4 is 21.7 Å². The van der Waals surface area contributed by atoms with Gasteiger partial charge in [0.2, 0.25) is 5.91 Å². The van der Waals surface area contributed by atoms with Crippen molar-refractivity contribution in [2.24, 2.45) is 11.3 Å². The second-order valence-electron chi connectivity index (χ2n) is 14.0. The summed E-state index contributed by atoms with van der Waals surface area (Å²) in [6.07, 6.45) is -11.1. The molecule has 266 valence electrons. The molecule has 0 N–H and O–H groups in total. The zero-order chi connectivity index (χ0) is 36.1. The monoisotopic (exact) mass is 707 g/mol. The lowest BCUT2D eigenvalue weighted by Gasteiger charge is -2.41. The molecule has 0 bridgehead atoms. The number of esters is 1. The Labute approximate surface area is 275 Å². The maximum Gasteiger partial charge on any atom is 0.435 e. The minimum atomic E-state index is -6.34. The van der Waals surface area contributed by atoms with Gasteiger partial charge in [0.1, 0.15) is 10.3 Å². The lowest BCUT2D eigenvalue weighted by molar-refractivity contribution is -0.348. The molecule has 1 unspecified atom stereocenters. The lowest BCUT2D eigenvalue weighted by atomic mass is 9.68. The van der Waals surface area contributed by atoms with E-state index in [-0.39, 0.29) is 35.3 Å². The SMILES string of the molecule is CCC1(C(=O)N2CCC(c3ccc(C(F)(C(F)(F)F)C(F)(F)F)cc3)(S(=O)(=O)c3cccc(C)c3)C2)CCC(C(=O)OC(C)(C)C)CC1. The predicted molar refractivity (Wildman–Crippen MR) is 163 cm³/mol. The topological polar surface area (TPSA) is 80.8 Å². The molecule has 1 atom stereocenters. The number of alkyl halides is 7. The Hall–Kier alpha value is -3.16. The van der Waals surface area contributed by atoms with Gasteiger partial charge in [-0.1, -0.05) is 43.3 Å². The van der Waals surface area contributed by atoms with Crippen LogP contribution in [-0.4, -0.2) is 56.2 Å². The number of hydrogen-bond donors (Lipinski definition) is 0. The molecular formula is C34H40F7NO5S. The highest BCUT2D eigenvalue weighted by Gasteiger charge is 2.73. The normalized spacial score (nSPS) is 24.4. The number of carbonyl (C=O) groups is 2. The van der Waals surface area contributed by atoms with Crippen LogP contribution < -0.4 is 0 Å². The molecule has 0 aromatic heterocycles. The third kappa shape index (κ3) is 6.57. The van der Waals surface area contributed by atoms with Crippen molar-refractivity contribution in [3.8, 4) is 0 Å². The summed E-state index contributed by atoms with van der Waals surface area (Å²) in [7, 11) is -4.44. The highest BCUT2D eigenvalue weighted by atomic mass is 32.2. The molecule has 1 saturated carbocycles. The van der Waals surface area contributed by atoms with Crippen molar-refractivity contribution in [2.75, 3.05) is 13.1 Å². The number of ether oxygens (including phenoxy) is 1. The van der Waals surface area contributed by atoms with E-state index in [9.17, 15) is 48.7 Å². The van der Waals surface area contributed by atoms with Crippen LogP contribution in [0.4, 0.5) is 30.7 Å². The zero-order valence-corrected chi connectivity index (χ0v) is 28.2. The summed E-state index contributed by atoms with van der Waals surface area (Å²) in [5, 5.41) is 0. The molecule has 1 amide bonds. The van der Waals surface area contributed by atoms with Crippen LogP contribution in [0.2, 0.25) is 0 Å². The summed E-state index contributed by atoms with van der Waals surface area (Å²) in [6.45, 7) is 8.24. The van der Waals surface area contributed by atoms with Gasteiger partial charge in [0.25, 0.3) is 0 Å². The van der Waals surface area contributed by atoms with Gasteiger partial charge in [-0.3, -0.25) is 9.59 Å². The van der Waals surface area contributed by atoms with Gasteiger partial charge < -0.3 is 9.64 Å². The number of sulfone groups is 1. The minimum Gasteiger partial charge on any atom is -0.460 e. The highest BCUT2D eigenvalue weighted by Crippen LogP contribution is 2.54. The second kappa shape index (κ2) is 12.6. The van der Waals surface area contributed by atoms with E-state index in [2.05, 4.69) is 0 Å². The van der Waals surface area contributed by atoms with Gasteiger partial charge in [0.05, 0.1) is 10.8 Å². The molecule has 48 heavy (non-hydrogen) atoms. The molecule has 14 heteroatoms. The van der Waals surface area contributed by atoms with Crippen molar-refractivity contribution in [1.82, 2.24) is 4.90 Å². The fourth-order valence-electron chi connectivity index (χ4n) is 6.91. The fourth-order valence-corrected chi connectivity index (χ4v) is 9.09. The van der Waals surface area contributed by atoms with Crippen LogP contribution in [0.5, 0.6) is 0 Å². The smallest absolute Gasteiger partial charge is 0.435 e. The summed E-state index contributed by atoms with van der Waals surface area (Å²) in [5.41, 5.74) is -8.63. The first-order chi connectivity index (χ1) is 21.9. The molecule has 1 aliphatic heterocycles. The molecule has 1 saturated heterocycles. The van der Waals surface area contributed by atoms with Crippen LogP contribution in [0.1, 0.15) is 82.9 Å². The van der Waals surface area contributed by atoms with Gasteiger partial charge in [-0.15, -0.1) is 0 Å². The molecule has 2 aromatic carbocycles. The van der Waals surface area contributed by atoms with Gasteiger partial charge in [0.15, 0.2) is 9.84 Å². The van der Waals surface area contributed by atoms with E-state index in [1.54, 1.807) is 33.8 Å². The Morgan fingerprint density at radius 1 is 0.896 bits per heavy atom. The number of halogens is 7. The van der Waals surface area contributed by atoms with E-state index in [1.165, 1.54) is 23.1 Å². The number of nitrogens with zero attached hydrogens (tertiary/aromatic N) is 1. The number of carbonyl (C=O) groups excluding carboxylic acids is 2. The van der Waals surface area contributed by atoms with Gasteiger partial charge in [-0.25, -0.2) is 12.8 Å². The van der Waals surface area contributed by atoms with Crippen LogP contribution in [0, 0.1) is 18.3 Å². The molecule has 1 heterocycles. The summed E-state index contributed by atoms with van der Waals surface area (Å²) in [4.78, 5) is 28.2. The first-order valence-electron chi connectivity index (χ1n) is 15.7. The van der Waals surface area contributed by atoms with E-state index < -0.39 is 61.6 Å². The minimum absolute atomic E-state index is 0.0684. The lowest BCUT2D eigenvalue weighted by Crippen LogP contribution is -2.50. The number of likely N-dealkylation sites (tertiary alicyclic amines) is 1. The van der Waals surface area contributed by atoms with Crippen molar-refractivity contribution in [3.63, 3.8) is 0 Å². The average molecular weight is 708 g/mol. The van der Waals surface area contributed by atoms with Gasteiger partial charge in [-0.2, -0.15) is 26.3 Å². The van der Waals surface area contributed by atoms with Crippen LogP contribution >= 0.6 is 0 Å². The van der Waals surface area contributed by atoms with E-state index in [0.717, 1.165) is 12.1 Å². The third-order valence-electron chi connectivity index (χ3n) is 9.74. The van der Waals surface area contributed by atoms with Crippen LogP contribution in [0.15, 0.2) is 53.4 Å². The Balaban J connectivity index is 1.73.